The number of rotatable bonds is 2. The predicted octanol–water partition coefficient (Wildman–Crippen LogP) is 3.82. The second-order valence-electron chi connectivity index (χ2n) is 6.65. The first kappa shape index (κ1) is 10.8. The molecule has 0 aliphatic heterocycles. The summed E-state index contributed by atoms with van der Waals surface area (Å²) in [6.45, 7) is 2.32. The Morgan fingerprint density at radius 3 is 2.50 bits per heavy atom. The second-order valence-corrected chi connectivity index (χ2v) is 6.65. The third-order valence-corrected chi connectivity index (χ3v) is 5.44. The summed E-state index contributed by atoms with van der Waals surface area (Å²) in [5, 5.41) is 0. The average molecular weight is 220 g/mol. The largest absolute Gasteiger partial charge is 0.299 e. The van der Waals surface area contributed by atoms with Gasteiger partial charge in [0.2, 0.25) is 0 Å². The van der Waals surface area contributed by atoms with Crippen LogP contribution >= 0.6 is 0 Å². The van der Waals surface area contributed by atoms with Crippen LogP contribution in [0.25, 0.3) is 0 Å². The van der Waals surface area contributed by atoms with Crippen LogP contribution in [0.4, 0.5) is 0 Å². The van der Waals surface area contributed by atoms with Crippen LogP contribution in [-0.2, 0) is 4.79 Å². The number of hydrogen-bond donors (Lipinski definition) is 0. The molecular formula is C15H24O. The van der Waals surface area contributed by atoms with Crippen molar-refractivity contribution in [1.29, 1.82) is 0 Å². The molecule has 90 valence electrons. The molecule has 3 fully saturated rings. The van der Waals surface area contributed by atoms with Crippen LogP contribution in [0.15, 0.2) is 0 Å². The minimum atomic E-state index is 0.438. The summed E-state index contributed by atoms with van der Waals surface area (Å²) < 4.78 is 0. The first-order valence-corrected chi connectivity index (χ1v) is 7.27. The van der Waals surface area contributed by atoms with Gasteiger partial charge in [-0.15, -0.1) is 0 Å². The summed E-state index contributed by atoms with van der Waals surface area (Å²) in [6.07, 6.45) is 10.4. The van der Waals surface area contributed by atoms with Gasteiger partial charge in [0, 0.05) is 11.8 Å². The molecule has 0 amide bonds. The Hall–Kier alpha value is -0.330. The molecule has 0 aromatic rings. The molecule has 3 rings (SSSR count). The van der Waals surface area contributed by atoms with Gasteiger partial charge in [-0.25, -0.2) is 0 Å². The Balaban J connectivity index is 1.64. The minimum absolute atomic E-state index is 0.438. The lowest BCUT2D eigenvalue weighted by Crippen LogP contribution is -2.30. The molecule has 3 saturated carbocycles. The van der Waals surface area contributed by atoms with Gasteiger partial charge in [0.25, 0.3) is 0 Å². The molecule has 3 aliphatic rings. The maximum Gasteiger partial charge on any atom is 0.139 e. The van der Waals surface area contributed by atoms with Gasteiger partial charge < -0.3 is 0 Å². The van der Waals surface area contributed by atoms with Crippen molar-refractivity contribution in [3.63, 3.8) is 0 Å². The van der Waals surface area contributed by atoms with Crippen molar-refractivity contribution in [3.05, 3.63) is 0 Å². The van der Waals surface area contributed by atoms with E-state index < -0.39 is 0 Å². The Morgan fingerprint density at radius 2 is 1.88 bits per heavy atom. The Labute approximate surface area is 99.0 Å². The monoisotopic (exact) mass is 220 g/mol. The molecule has 0 radical (unpaired) electrons. The fraction of sp³-hybridized carbons (Fsp3) is 0.933. The summed E-state index contributed by atoms with van der Waals surface area (Å²) in [5.74, 6) is 4.08. The van der Waals surface area contributed by atoms with E-state index in [4.69, 9.17) is 0 Å². The first-order valence-electron chi connectivity index (χ1n) is 7.27. The fourth-order valence-corrected chi connectivity index (χ4v) is 4.59. The number of carbonyl (C=O) groups excluding carboxylic acids is 1. The Morgan fingerprint density at radius 1 is 1.00 bits per heavy atom. The van der Waals surface area contributed by atoms with Crippen LogP contribution in [-0.4, -0.2) is 5.78 Å². The quantitative estimate of drug-likeness (QED) is 0.691. The molecule has 1 heteroatoms. The molecule has 0 aromatic heterocycles. The van der Waals surface area contributed by atoms with E-state index in [1.807, 2.05) is 0 Å². The highest BCUT2D eigenvalue weighted by atomic mass is 16.1. The highest BCUT2D eigenvalue weighted by Gasteiger charge is 2.44. The van der Waals surface area contributed by atoms with E-state index in [1.54, 1.807) is 0 Å². The number of Topliss-reactive ketones (excluding diaryl/α,β-unsaturated/α-hetero) is 1. The van der Waals surface area contributed by atoms with Crippen molar-refractivity contribution in [2.75, 3.05) is 0 Å². The molecule has 0 saturated heterocycles. The van der Waals surface area contributed by atoms with E-state index in [0.717, 1.165) is 17.8 Å². The molecule has 5 unspecified atom stereocenters. The van der Waals surface area contributed by atoms with Crippen molar-refractivity contribution in [2.45, 2.75) is 58.3 Å². The van der Waals surface area contributed by atoms with Crippen molar-refractivity contribution in [1.82, 2.24) is 0 Å². The highest BCUT2D eigenvalue weighted by molar-refractivity contribution is 5.84. The molecule has 0 N–H and O–H groups in total. The molecule has 3 aliphatic carbocycles. The maximum absolute atomic E-state index is 12.5. The van der Waals surface area contributed by atoms with Crippen LogP contribution in [0.2, 0.25) is 0 Å². The molecular weight excluding hydrogens is 196 g/mol. The number of fused-ring (bicyclic) bond motifs is 2. The summed E-state index contributed by atoms with van der Waals surface area (Å²) in [6, 6.07) is 0. The van der Waals surface area contributed by atoms with Crippen molar-refractivity contribution < 1.29 is 4.79 Å². The Kier molecular flexibility index (Phi) is 2.81. The lowest BCUT2D eigenvalue weighted by Gasteiger charge is -2.30. The molecule has 0 heterocycles. The third kappa shape index (κ3) is 1.83. The van der Waals surface area contributed by atoms with E-state index in [1.165, 1.54) is 51.4 Å². The minimum Gasteiger partial charge on any atom is -0.299 e. The average Bonchev–Trinajstić information content (AvgIpc) is 2.89. The second kappa shape index (κ2) is 4.16. The molecule has 0 aromatic carbocycles. The fourth-order valence-electron chi connectivity index (χ4n) is 4.59. The topological polar surface area (TPSA) is 17.1 Å². The first-order chi connectivity index (χ1) is 7.74. The normalized spacial score (nSPS) is 47.2. The van der Waals surface area contributed by atoms with Gasteiger partial charge in [-0.1, -0.05) is 26.2 Å². The number of hydrogen-bond acceptors (Lipinski definition) is 1. The van der Waals surface area contributed by atoms with Crippen LogP contribution in [0.5, 0.6) is 0 Å². The van der Waals surface area contributed by atoms with Gasteiger partial charge in [-0.2, -0.15) is 0 Å². The summed E-state index contributed by atoms with van der Waals surface area (Å²) in [7, 11) is 0. The molecule has 1 nitrogen and oxygen atoms in total. The van der Waals surface area contributed by atoms with E-state index in [-0.39, 0.29) is 0 Å². The lowest BCUT2D eigenvalue weighted by molar-refractivity contribution is -0.129. The molecule has 5 atom stereocenters. The van der Waals surface area contributed by atoms with Crippen LogP contribution in [0, 0.1) is 29.6 Å². The Bertz CT molecular complexity index is 283. The maximum atomic E-state index is 12.5. The third-order valence-electron chi connectivity index (χ3n) is 5.44. The summed E-state index contributed by atoms with van der Waals surface area (Å²) >= 11 is 0. The van der Waals surface area contributed by atoms with Crippen LogP contribution in [0.3, 0.4) is 0 Å². The van der Waals surface area contributed by atoms with E-state index in [9.17, 15) is 4.79 Å². The lowest BCUT2D eigenvalue weighted by atomic mass is 9.73. The van der Waals surface area contributed by atoms with Crippen LogP contribution < -0.4 is 0 Å². The molecule has 0 spiro atoms. The SMILES string of the molecule is CC1CCCC(C(=O)C2CC3CCC2C3)C1. The smallest absolute Gasteiger partial charge is 0.139 e. The van der Waals surface area contributed by atoms with E-state index in [0.29, 0.717) is 17.6 Å². The van der Waals surface area contributed by atoms with Crippen molar-refractivity contribution in [2.24, 2.45) is 29.6 Å². The van der Waals surface area contributed by atoms with Gasteiger partial charge >= 0.3 is 0 Å². The van der Waals surface area contributed by atoms with Gasteiger partial charge in [-0.3, -0.25) is 4.79 Å². The zero-order valence-electron chi connectivity index (χ0n) is 10.5. The van der Waals surface area contributed by atoms with E-state index >= 15 is 0 Å². The van der Waals surface area contributed by atoms with Gasteiger partial charge in [-0.05, 0) is 49.9 Å². The summed E-state index contributed by atoms with van der Waals surface area (Å²) in [4.78, 5) is 12.5. The molecule has 16 heavy (non-hydrogen) atoms. The zero-order valence-corrected chi connectivity index (χ0v) is 10.5. The predicted molar refractivity (Wildman–Crippen MR) is 65.1 cm³/mol. The zero-order chi connectivity index (χ0) is 11.1. The van der Waals surface area contributed by atoms with Crippen molar-refractivity contribution in [3.8, 4) is 0 Å². The van der Waals surface area contributed by atoms with Gasteiger partial charge in [0.15, 0.2) is 0 Å². The summed E-state index contributed by atoms with van der Waals surface area (Å²) in [5.41, 5.74) is 0. The van der Waals surface area contributed by atoms with Crippen LogP contribution in [0.1, 0.15) is 58.3 Å². The standard InChI is InChI=1S/C15H24O/c1-10-3-2-4-13(7-10)15(16)14-9-11-5-6-12(14)8-11/h10-14H,2-9H2,1H3. The van der Waals surface area contributed by atoms with Gasteiger partial charge in [0.05, 0.1) is 0 Å². The van der Waals surface area contributed by atoms with E-state index in [2.05, 4.69) is 6.92 Å². The highest BCUT2D eigenvalue weighted by Crippen LogP contribution is 2.50. The van der Waals surface area contributed by atoms with Crippen molar-refractivity contribution >= 4 is 5.78 Å². The number of ketones is 1. The molecule has 2 bridgehead atoms. The number of carbonyl (C=O) groups is 1. The van der Waals surface area contributed by atoms with Gasteiger partial charge in [0.1, 0.15) is 5.78 Å².